The van der Waals surface area contributed by atoms with Crippen molar-refractivity contribution in [3.05, 3.63) is 0 Å². The summed E-state index contributed by atoms with van der Waals surface area (Å²) in [6.45, 7) is 10.0. The first-order valence-electron chi connectivity index (χ1n) is 8.50. The monoisotopic (exact) mass is 297 g/mol. The highest BCUT2D eigenvalue weighted by Gasteiger charge is 2.24. The van der Waals surface area contributed by atoms with Crippen molar-refractivity contribution in [1.82, 2.24) is 15.5 Å². The molecule has 21 heavy (non-hydrogen) atoms. The molecule has 2 N–H and O–H groups in total. The number of rotatable bonds is 7. The number of carbonyl (C=O) groups is 1. The van der Waals surface area contributed by atoms with Gasteiger partial charge in [0.25, 0.3) is 0 Å². The van der Waals surface area contributed by atoms with Crippen LogP contribution in [0, 0.1) is 5.92 Å². The summed E-state index contributed by atoms with van der Waals surface area (Å²) in [5.74, 6) is 0.774. The van der Waals surface area contributed by atoms with Crippen LogP contribution < -0.4 is 10.6 Å². The zero-order valence-corrected chi connectivity index (χ0v) is 13.6. The highest BCUT2D eigenvalue weighted by Crippen LogP contribution is 2.15. The molecular weight excluding hydrogens is 266 g/mol. The van der Waals surface area contributed by atoms with Crippen molar-refractivity contribution < 1.29 is 9.53 Å². The van der Waals surface area contributed by atoms with Crippen LogP contribution in [0.2, 0.25) is 0 Å². The van der Waals surface area contributed by atoms with E-state index in [1.165, 1.54) is 12.8 Å². The van der Waals surface area contributed by atoms with Crippen molar-refractivity contribution in [2.45, 2.75) is 51.7 Å². The zero-order valence-electron chi connectivity index (χ0n) is 13.6. The van der Waals surface area contributed by atoms with Gasteiger partial charge in [-0.3, -0.25) is 4.79 Å². The van der Waals surface area contributed by atoms with E-state index in [2.05, 4.69) is 29.4 Å². The van der Waals surface area contributed by atoms with Crippen LogP contribution in [0.1, 0.15) is 39.5 Å². The van der Waals surface area contributed by atoms with Crippen molar-refractivity contribution in [3.8, 4) is 0 Å². The number of nitrogens with zero attached hydrogens (tertiary/aromatic N) is 1. The van der Waals surface area contributed by atoms with E-state index in [9.17, 15) is 4.79 Å². The van der Waals surface area contributed by atoms with Crippen LogP contribution in [-0.4, -0.2) is 62.3 Å². The van der Waals surface area contributed by atoms with Crippen LogP contribution >= 0.6 is 0 Å². The Morgan fingerprint density at radius 1 is 1.38 bits per heavy atom. The van der Waals surface area contributed by atoms with Gasteiger partial charge in [0.2, 0.25) is 5.91 Å². The molecule has 0 aromatic heterocycles. The molecule has 0 radical (unpaired) electrons. The fourth-order valence-electron chi connectivity index (χ4n) is 3.21. The highest BCUT2D eigenvalue weighted by molar-refractivity contribution is 5.81. The van der Waals surface area contributed by atoms with Gasteiger partial charge < -0.3 is 20.3 Å². The molecule has 0 aliphatic carbocycles. The lowest BCUT2D eigenvalue weighted by atomic mass is 9.98. The van der Waals surface area contributed by atoms with Crippen LogP contribution in [0.5, 0.6) is 0 Å². The van der Waals surface area contributed by atoms with Crippen molar-refractivity contribution in [1.29, 1.82) is 0 Å². The number of carbonyl (C=O) groups excluding carboxylic acids is 1. The number of hydrogen-bond acceptors (Lipinski definition) is 4. The average Bonchev–Trinajstić information content (AvgIpc) is 2.99. The van der Waals surface area contributed by atoms with Gasteiger partial charge in [-0.25, -0.2) is 0 Å². The Morgan fingerprint density at radius 2 is 2.24 bits per heavy atom. The molecule has 2 saturated heterocycles. The van der Waals surface area contributed by atoms with E-state index in [4.69, 9.17) is 4.74 Å². The Bertz CT molecular complexity index is 317. The number of nitrogens with one attached hydrogen (secondary N) is 2. The van der Waals surface area contributed by atoms with Crippen LogP contribution in [0.4, 0.5) is 0 Å². The van der Waals surface area contributed by atoms with E-state index < -0.39 is 0 Å². The van der Waals surface area contributed by atoms with Crippen LogP contribution in [0.15, 0.2) is 0 Å². The molecule has 0 aromatic rings. The fraction of sp³-hybridized carbons (Fsp3) is 0.938. The molecule has 5 heteroatoms. The number of likely N-dealkylation sites (tertiary alicyclic amines) is 1. The number of amides is 1. The molecule has 0 aromatic carbocycles. The normalized spacial score (nSPS) is 27.2. The molecule has 2 heterocycles. The van der Waals surface area contributed by atoms with E-state index in [-0.39, 0.29) is 11.9 Å². The summed E-state index contributed by atoms with van der Waals surface area (Å²) in [6.07, 6.45) is 4.85. The molecule has 2 atom stereocenters. The Kier molecular flexibility index (Phi) is 6.93. The van der Waals surface area contributed by atoms with E-state index in [1.54, 1.807) is 0 Å². The summed E-state index contributed by atoms with van der Waals surface area (Å²) in [7, 11) is 0. The quantitative estimate of drug-likeness (QED) is 0.736. The second-order valence-electron chi connectivity index (χ2n) is 6.62. The summed E-state index contributed by atoms with van der Waals surface area (Å²) in [5.41, 5.74) is 0. The summed E-state index contributed by atoms with van der Waals surface area (Å²) < 4.78 is 5.63. The zero-order chi connectivity index (χ0) is 15.1. The smallest absolute Gasteiger partial charge is 0.237 e. The van der Waals surface area contributed by atoms with E-state index in [1.807, 2.05) is 0 Å². The molecule has 2 rings (SSSR count). The van der Waals surface area contributed by atoms with E-state index in [0.717, 1.165) is 52.2 Å². The number of ether oxygens (including phenoxy) is 1. The van der Waals surface area contributed by atoms with Gasteiger partial charge in [-0.05, 0) is 58.5 Å². The second-order valence-corrected chi connectivity index (χ2v) is 6.62. The molecule has 122 valence electrons. The molecule has 0 bridgehead atoms. The fourth-order valence-corrected chi connectivity index (χ4v) is 3.21. The number of hydrogen-bond donors (Lipinski definition) is 2. The maximum absolute atomic E-state index is 12.0. The first kappa shape index (κ1) is 16.7. The SMILES string of the molecule is CC(C)OCCN1CCCC(CNC(=O)C2CCCN2)C1. The minimum atomic E-state index is 0.0455. The summed E-state index contributed by atoms with van der Waals surface area (Å²) >= 11 is 0. The molecule has 2 fully saturated rings. The highest BCUT2D eigenvalue weighted by atomic mass is 16.5. The minimum Gasteiger partial charge on any atom is -0.377 e. The lowest BCUT2D eigenvalue weighted by Crippen LogP contribution is -2.46. The second kappa shape index (κ2) is 8.71. The first-order valence-corrected chi connectivity index (χ1v) is 8.50. The van der Waals surface area contributed by atoms with Gasteiger partial charge in [0.15, 0.2) is 0 Å². The van der Waals surface area contributed by atoms with Crippen molar-refractivity contribution in [2.75, 3.05) is 39.3 Å². The van der Waals surface area contributed by atoms with E-state index in [0.29, 0.717) is 12.0 Å². The van der Waals surface area contributed by atoms with Gasteiger partial charge in [-0.1, -0.05) is 0 Å². The molecule has 2 aliphatic rings. The Balaban J connectivity index is 1.62. The summed E-state index contributed by atoms with van der Waals surface area (Å²) in [4.78, 5) is 14.5. The Morgan fingerprint density at radius 3 is 2.95 bits per heavy atom. The molecule has 0 saturated carbocycles. The van der Waals surface area contributed by atoms with Gasteiger partial charge >= 0.3 is 0 Å². The van der Waals surface area contributed by atoms with Gasteiger partial charge in [0.1, 0.15) is 0 Å². The minimum absolute atomic E-state index is 0.0455. The third kappa shape index (κ3) is 5.93. The van der Waals surface area contributed by atoms with Gasteiger partial charge in [-0.2, -0.15) is 0 Å². The lowest BCUT2D eigenvalue weighted by molar-refractivity contribution is -0.123. The average molecular weight is 297 g/mol. The molecular formula is C16H31N3O2. The summed E-state index contributed by atoms with van der Waals surface area (Å²) in [5, 5.41) is 6.38. The Labute approximate surface area is 128 Å². The molecule has 1 amide bonds. The third-order valence-electron chi connectivity index (χ3n) is 4.40. The first-order chi connectivity index (χ1) is 10.1. The maximum Gasteiger partial charge on any atom is 0.237 e. The van der Waals surface area contributed by atoms with Gasteiger partial charge in [0, 0.05) is 19.6 Å². The lowest BCUT2D eigenvalue weighted by Gasteiger charge is -2.33. The van der Waals surface area contributed by atoms with Crippen molar-refractivity contribution in [2.24, 2.45) is 5.92 Å². The van der Waals surface area contributed by atoms with Crippen molar-refractivity contribution >= 4 is 5.91 Å². The largest absolute Gasteiger partial charge is 0.377 e. The topological polar surface area (TPSA) is 53.6 Å². The molecule has 2 aliphatic heterocycles. The van der Waals surface area contributed by atoms with Crippen molar-refractivity contribution in [3.63, 3.8) is 0 Å². The molecule has 5 nitrogen and oxygen atoms in total. The van der Waals surface area contributed by atoms with Gasteiger partial charge in [-0.15, -0.1) is 0 Å². The van der Waals surface area contributed by atoms with E-state index >= 15 is 0 Å². The maximum atomic E-state index is 12.0. The number of piperidine rings is 1. The summed E-state index contributed by atoms with van der Waals surface area (Å²) in [6, 6.07) is 0.0455. The third-order valence-corrected chi connectivity index (χ3v) is 4.40. The Hall–Kier alpha value is -0.650. The predicted molar refractivity (Wildman–Crippen MR) is 84.3 cm³/mol. The molecule has 0 spiro atoms. The predicted octanol–water partition coefficient (Wildman–Crippen LogP) is 0.992. The van der Waals surface area contributed by atoms with Gasteiger partial charge in [0.05, 0.1) is 18.8 Å². The van der Waals surface area contributed by atoms with Crippen LogP contribution in [0.3, 0.4) is 0 Å². The van der Waals surface area contributed by atoms with Crippen LogP contribution in [-0.2, 0) is 9.53 Å². The molecule has 2 unspecified atom stereocenters. The standard InChI is InChI=1S/C16H31N3O2/c1-13(2)21-10-9-19-8-4-5-14(12-19)11-18-16(20)15-6-3-7-17-15/h13-15,17H,3-12H2,1-2H3,(H,18,20). The van der Waals surface area contributed by atoms with Crippen LogP contribution in [0.25, 0.3) is 0 Å².